The molecule has 1 atom stereocenters. The Balaban J connectivity index is 1.44. The van der Waals surface area contributed by atoms with Gasteiger partial charge in [-0.05, 0) is 70.1 Å². The first-order valence-electron chi connectivity index (χ1n) is 9.02. The number of rotatable bonds is 10. The Morgan fingerprint density at radius 3 is 2.60 bits per heavy atom. The molecular formula is C17H35N3. The van der Waals surface area contributed by atoms with E-state index in [9.17, 15) is 0 Å². The molecule has 2 aliphatic rings. The molecule has 20 heavy (non-hydrogen) atoms. The van der Waals surface area contributed by atoms with Crippen molar-refractivity contribution in [3.63, 3.8) is 0 Å². The lowest BCUT2D eigenvalue weighted by atomic mass is 10.1. The third-order valence-electron chi connectivity index (χ3n) is 5.04. The normalized spacial score (nSPS) is 24.8. The second-order valence-corrected chi connectivity index (χ2v) is 6.85. The lowest BCUT2D eigenvalue weighted by Crippen LogP contribution is -2.32. The summed E-state index contributed by atoms with van der Waals surface area (Å²) in [5.74, 6) is 1.92. The summed E-state index contributed by atoms with van der Waals surface area (Å²) in [6.07, 6.45) is 9.89. The first kappa shape index (κ1) is 16.3. The molecule has 0 bridgehead atoms. The van der Waals surface area contributed by atoms with Crippen LogP contribution in [0.5, 0.6) is 0 Å². The van der Waals surface area contributed by atoms with Crippen molar-refractivity contribution in [2.45, 2.75) is 51.9 Å². The molecule has 0 spiro atoms. The first-order chi connectivity index (χ1) is 9.88. The zero-order chi connectivity index (χ0) is 14.0. The zero-order valence-corrected chi connectivity index (χ0v) is 13.5. The summed E-state index contributed by atoms with van der Waals surface area (Å²) in [5, 5.41) is 7.20. The molecule has 1 unspecified atom stereocenters. The molecular weight excluding hydrogens is 246 g/mol. The van der Waals surface area contributed by atoms with Crippen LogP contribution in [0.1, 0.15) is 51.9 Å². The fraction of sp³-hybridized carbons (Fsp3) is 1.00. The molecule has 2 rings (SSSR count). The number of hydrogen-bond donors (Lipinski definition) is 2. The summed E-state index contributed by atoms with van der Waals surface area (Å²) in [6.45, 7) is 11.0. The minimum Gasteiger partial charge on any atom is -0.317 e. The highest BCUT2D eigenvalue weighted by atomic mass is 15.2. The predicted molar refractivity (Wildman–Crippen MR) is 87.2 cm³/mol. The number of nitrogens with one attached hydrogen (secondary N) is 2. The molecule has 1 heterocycles. The largest absolute Gasteiger partial charge is 0.317 e. The third-order valence-corrected chi connectivity index (χ3v) is 5.04. The minimum atomic E-state index is 0.939. The molecule has 1 aliphatic heterocycles. The monoisotopic (exact) mass is 281 g/mol. The second kappa shape index (κ2) is 9.75. The Morgan fingerprint density at radius 1 is 0.950 bits per heavy atom. The maximum Gasteiger partial charge on any atom is 0.0107 e. The van der Waals surface area contributed by atoms with Crippen LogP contribution in [0.3, 0.4) is 0 Å². The van der Waals surface area contributed by atoms with E-state index in [0.29, 0.717) is 0 Å². The average molecular weight is 281 g/mol. The summed E-state index contributed by atoms with van der Waals surface area (Å²) < 4.78 is 0. The number of nitrogens with zero attached hydrogens (tertiary/aromatic N) is 1. The lowest BCUT2D eigenvalue weighted by Gasteiger charge is -2.17. The predicted octanol–water partition coefficient (Wildman–Crippen LogP) is 2.48. The Labute approximate surface area is 125 Å². The van der Waals surface area contributed by atoms with Gasteiger partial charge in [0.2, 0.25) is 0 Å². The molecule has 0 radical (unpaired) electrons. The second-order valence-electron chi connectivity index (χ2n) is 6.85. The van der Waals surface area contributed by atoms with Crippen molar-refractivity contribution in [3.05, 3.63) is 0 Å². The van der Waals surface area contributed by atoms with Crippen LogP contribution < -0.4 is 10.6 Å². The van der Waals surface area contributed by atoms with Gasteiger partial charge in [0.15, 0.2) is 0 Å². The van der Waals surface area contributed by atoms with Crippen molar-refractivity contribution in [2.24, 2.45) is 11.8 Å². The molecule has 0 aromatic rings. The quantitative estimate of drug-likeness (QED) is 0.602. The summed E-state index contributed by atoms with van der Waals surface area (Å²) in [5.41, 5.74) is 0. The van der Waals surface area contributed by atoms with Crippen molar-refractivity contribution in [2.75, 3.05) is 45.8 Å². The Kier molecular flexibility index (Phi) is 7.92. The summed E-state index contributed by atoms with van der Waals surface area (Å²) in [7, 11) is 0. The molecule has 3 nitrogen and oxygen atoms in total. The zero-order valence-electron chi connectivity index (χ0n) is 13.5. The highest BCUT2D eigenvalue weighted by Crippen LogP contribution is 2.23. The summed E-state index contributed by atoms with van der Waals surface area (Å²) in [4.78, 5) is 2.66. The van der Waals surface area contributed by atoms with E-state index < -0.39 is 0 Å². The van der Waals surface area contributed by atoms with Gasteiger partial charge in [0.1, 0.15) is 0 Å². The molecule has 0 aromatic heterocycles. The van der Waals surface area contributed by atoms with Crippen molar-refractivity contribution in [1.29, 1.82) is 0 Å². The smallest absolute Gasteiger partial charge is 0.0107 e. The van der Waals surface area contributed by atoms with Gasteiger partial charge < -0.3 is 15.5 Å². The van der Waals surface area contributed by atoms with Crippen LogP contribution in [0.2, 0.25) is 0 Å². The maximum atomic E-state index is 3.67. The topological polar surface area (TPSA) is 27.3 Å². The molecule has 118 valence electrons. The van der Waals surface area contributed by atoms with E-state index in [1.807, 2.05) is 0 Å². The molecule has 3 heteroatoms. The van der Waals surface area contributed by atoms with Crippen LogP contribution in [0.25, 0.3) is 0 Å². The summed E-state index contributed by atoms with van der Waals surface area (Å²) >= 11 is 0. The van der Waals surface area contributed by atoms with Crippen LogP contribution >= 0.6 is 0 Å². The van der Waals surface area contributed by atoms with E-state index in [-0.39, 0.29) is 0 Å². The average Bonchev–Trinajstić information content (AvgIpc) is 3.11. The van der Waals surface area contributed by atoms with Gasteiger partial charge in [-0.25, -0.2) is 0 Å². The van der Waals surface area contributed by atoms with Gasteiger partial charge >= 0.3 is 0 Å². The van der Waals surface area contributed by atoms with Gasteiger partial charge in [-0.15, -0.1) is 0 Å². The highest BCUT2D eigenvalue weighted by Gasteiger charge is 2.21. The van der Waals surface area contributed by atoms with Gasteiger partial charge in [0.25, 0.3) is 0 Å². The van der Waals surface area contributed by atoms with E-state index in [4.69, 9.17) is 0 Å². The lowest BCUT2D eigenvalue weighted by molar-refractivity contribution is 0.314. The fourth-order valence-corrected chi connectivity index (χ4v) is 3.72. The van der Waals surface area contributed by atoms with Crippen LogP contribution in [-0.2, 0) is 0 Å². The van der Waals surface area contributed by atoms with Crippen LogP contribution in [0, 0.1) is 11.8 Å². The van der Waals surface area contributed by atoms with E-state index in [2.05, 4.69) is 22.5 Å². The van der Waals surface area contributed by atoms with Crippen LogP contribution in [0.15, 0.2) is 0 Å². The first-order valence-corrected chi connectivity index (χ1v) is 9.02. The minimum absolute atomic E-state index is 0.939. The van der Waals surface area contributed by atoms with Crippen LogP contribution in [-0.4, -0.2) is 50.7 Å². The maximum absolute atomic E-state index is 3.67. The summed E-state index contributed by atoms with van der Waals surface area (Å²) in [6, 6.07) is 0. The molecule has 1 saturated carbocycles. The van der Waals surface area contributed by atoms with E-state index in [1.54, 1.807) is 0 Å². The van der Waals surface area contributed by atoms with Crippen LogP contribution in [0.4, 0.5) is 0 Å². The molecule has 1 aliphatic carbocycles. The SMILES string of the molecule is CCCNCCC1CCN(CCNCC2CCCC2)C1. The van der Waals surface area contributed by atoms with Gasteiger partial charge in [-0.2, -0.15) is 0 Å². The third kappa shape index (κ3) is 6.11. The standard InChI is InChI=1S/C17H35N3/c1-2-9-18-10-7-17-8-12-20(15-17)13-11-19-14-16-5-3-4-6-16/h16-19H,2-15H2,1H3. The fourth-order valence-electron chi connectivity index (χ4n) is 3.72. The van der Waals surface area contributed by atoms with E-state index in [1.165, 1.54) is 90.8 Å². The molecule has 0 amide bonds. The van der Waals surface area contributed by atoms with E-state index >= 15 is 0 Å². The number of likely N-dealkylation sites (tertiary alicyclic amines) is 1. The van der Waals surface area contributed by atoms with Gasteiger partial charge in [0, 0.05) is 19.6 Å². The van der Waals surface area contributed by atoms with Gasteiger partial charge in [0.05, 0.1) is 0 Å². The Hall–Kier alpha value is -0.120. The Morgan fingerprint density at radius 2 is 1.80 bits per heavy atom. The number of hydrogen-bond acceptors (Lipinski definition) is 3. The highest BCUT2D eigenvalue weighted by molar-refractivity contribution is 4.77. The Bertz CT molecular complexity index is 238. The van der Waals surface area contributed by atoms with E-state index in [0.717, 1.165) is 11.8 Å². The van der Waals surface area contributed by atoms with Crippen molar-refractivity contribution in [1.82, 2.24) is 15.5 Å². The van der Waals surface area contributed by atoms with Crippen molar-refractivity contribution >= 4 is 0 Å². The molecule has 2 fully saturated rings. The van der Waals surface area contributed by atoms with Crippen molar-refractivity contribution in [3.8, 4) is 0 Å². The van der Waals surface area contributed by atoms with Crippen molar-refractivity contribution < 1.29 is 0 Å². The van der Waals surface area contributed by atoms with Gasteiger partial charge in [-0.1, -0.05) is 19.8 Å². The molecule has 1 saturated heterocycles. The van der Waals surface area contributed by atoms with Gasteiger partial charge in [-0.3, -0.25) is 0 Å². The molecule has 0 aromatic carbocycles. The molecule has 2 N–H and O–H groups in total.